The summed E-state index contributed by atoms with van der Waals surface area (Å²) in [4.78, 5) is 22.6. The van der Waals surface area contributed by atoms with Gasteiger partial charge >= 0.3 is 6.18 Å². The second-order valence-corrected chi connectivity index (χ2v) is 4.96. The van der Waals surface area contributed by atoms with E-state index in [1.165, 1.54) is 25.1 Å². The third-order valence-electron chi connectivity index (χ3n) is 3.14. The molecule has 22 heavy (non-hydrogen) atoms. The van der Waals surface area contributed by atoms with Gasteiger partial charge in [0.25, 0.3) is 0 Å². The van der Waals surface area contributed by atoms with E-state index in [9.17, 15) is 22.8 Å². The molecule has 0 N–H and O–H groups in total. The summed E-state index contributed by atoms with van der Waals surface area (Å²) in [5.74, 6) is -0.532. The first kappa shape index (κ1) is 15.9. The van der Waals surface area contributed by atoms with Crippen molar-refractivity contribution in [1.29, 1.82) is 0 Å². The molecule has 2 aromatic rings. The van der Waals surface area contributed by atoms with Gasteiger partial charge in [-0.25, -0.2) is 0 Å². The summed E-state index contributed by atoms with van der Waals surface area (Å²) >= 11 is 0. The maximum Gasteiger partial charge on any atom is 0.416 e. The number of benzene rings is 2. The van der Waals surface area contributed by atoms with Crippen molar-refractivity contribution in [2.24, 2.45) is 0 Å². The molecular weight excluding hydrogens is 293 g/mol. The molecule has 0 amide bonds. The van der Waals surface area contributed by atoms with Gasteiger partial charge in [-0.05, 0) is 30.2 Å². The number of alkyl halides is 3. The maximum absolute atomic E-state index is 12.7. The number of hydrogen-bond donors (Lipinski definition) is 0. The molecule has 0 atom stereocenters. The van der Waals surface area contributed by atoms with E-state index in [1.807, 2.05) is 0 Å². The van der Waals surface area contributed by atoms with Crippen molar-refractivity contribution in [1.82, 2.24) is 0 Å². The topological polar surface area (TPSA) is 34.1 Å². The molecule has 2 nitrogen and oxygen atoms in total. The Kier molecular flexibility index (Phi) is 4.45. The number of ketones is 2. The first-order valence-corrected chi connectivity index (χ1v) is 6.58. The molecule has 0 saturated heterocycles. The number of rotatable bonds is 4. The van der Waals surface area contributed by atoms with E-state index in [-0.39, 0.29) is 18.0 Å². The monoisotopic (exact) mass is 306 g/mol. The van der Waals surface area contributed by atoms with E-state index < -0.39 is 11.7 Å². The van der Waals surface area contributed by atoms with E-state index >= 15 is 0 Å². The lowest BCUT2D eigenvalue weighted by molar-refractivity contribution is -0.137. The summed E-state index contributed by atoms with van der Waals surface area (Å²) < 4.78 is 38.1. The Bertz CT molecular complexity index is 701. The number of Topliss-reactive ketones (excluding diaryl/α,β-unsaturated/α-hetero) is 2. The second-order valence-electron chi connectivity index (χ2n) is 4.96. The van der Waals surface area contributed by atoms with E-state index in [0.29, 0.717) is 16.7 Å². The maximum atomic E-state index is 12.7. The van der Waals surface area contributed by atoms with Gasteiger partial charge in [-0.2, -0.15) is 13.2 Å². The Labute approximate surface area is 125 Å². The molecule has 0 spiro atoms. The lowest BCUT2D eigenvalue weighted by Gasteiger charge is -2.09. The molecule has 2 rings (SSSR count). The fourth-order valence-corrected chi connectivity index (χ4v) is 2.05. The summed E-state index contributed by atoms with van der Waals surface area (Å²) in [6, 6.07) is 11.2. The Balaban J connectivity index is 2.28. The highest BCUT2D eigenvalue weighted by Gasteiger charge is 2.30. The van der Waals surface area contributed by atoms with Crippen LogP contribution in [0.25, 0.3) is 11.1 Å². The van der Waals surface area contributed by atoms with Gasteiger partial charge in [0.15, 0.2) is 5.78 Å². The van der Waals surface area contributed by atoms with E-state index in [2.05, 4.69) is 0 Å². The third kappa shape index (κ3) is 3.81. The average Bonchev–Trinajstić information content (AvgIpc) is 2.46. The van der Waals surface area contributed by atoms with E-state index in [0.717, 1.165) is 12.1 Å². The molecule has 0 radical (unpaired) electrons. The highest BCUT2D eigenvalue weighted by atomic mass is 19.4. The van der Waals surface area contributed by atoms with Crippen LogP contribution < -0.4 is 0 Å². The van der Waals surface area contributed by atoms with Gasteiger partial charge in [-0.3, -0.25) is 9.59 Å². The summed E-state index contributed by atoms with van der Waals surface area (Å²) in [6.07, 6.45) is -4.57. The van der Waals surface area contributed by atoms with Crippen LogP contribution in [-0.4, -0.2) is 11.6 Å². The Morgan fingerprint density at radius 3 is 2.14 bits per heavy atom. The zero-order valence-electron chi connectivity index (χ0n) is 11.8. The molecule has 0 saturated carbocycles. The summed E-state index contributed by atoms with van der Waals surface area (Å²) in [5, 5.41) is 0. The summed E-state index contributed by atoms with van der Waals surface area (Å²) in [7, 11) is 0. The number of hydrogen-bond acceptors (Lipinski definition) is 2. The van der Waals surface area contributed by atoms with Crippen LogP contribution in [0, 0.1) is 0 Å². The fraction of sp³-hybridized carbons (Fsp3) is 0.176. The highest BCUT2D eigenvalue weighted by molar-refractivity contribution is 6.07. The molecular formula is C17H13F3O2. The lowest BCUT2D eigenvalue weighted by atomic mass is 9.99. The zero-order chi connectivity index (χ0) is 16.3. The molecule has 0 aromatic heterocycles. The van der Waals surface area contributed by atoms with Crippen LogP contribution in [0.4, 0.5) is 13.2 Å². The minimum absolute atomic E-state index is 0.178. The van der Waals surface area contributed by atoms with Gasteiger partial charge in [0.05, 0.1) is 12.0 Å². The molecule has 0 aliphatic rings. The minimum atomic E-state index is -4.40. The standard InChI is InChI=1S/C17H13F3O2/c1-11(21)9-16(22)13-7-5-12(6-8-13)14-3-2-4-15(10-14)17(18,19)20/h2-8,10H,9H2,1H3. The molecule has 114 valence electrons. The fourth-order valence-electron chi connectivity index (χ4n) is 2.05. The third-order valence-corrected chi connectivity index (χ3v) is 3.14. The predicted octanol–water partition coefficient (Wildman–Crippen LogP) is 4.53. The molecule has 0 bridgehead atoms. The van der Waals surface area contributed by atoms with Gasteiger partial charge in [-0.1, -0.05) is 36.4 Å². The highest BCUT2D eigenvalue weighted by Crippen LogP contribution is 2.32. The molecule has 0 heterocycles. The van der Waals surface area contributed by atoms with Crippen molar-refractivity contribution in [3.05, 3.63) is 59.7 Å². The Morgan fingerprint density at radius 1 is 0.955 bits per heavy atom. The summed E-state index contributed by atoms with van der Waals surface area (Å²) in [6.45, 7) is 1.33. The van der Waals surface area contributed by atoms with Crippen LogP contribution in [-0.2, 0) is 11.0 Å². The molecule has 0 aliphatic heterocycles. The van der Waals surface area contributed by atoms with Crippen molar-refractivity contribution in [3.63, 3.8) is 0 Å². The van der Waals surface area contributed by atoms with Gasteiger partial charge in [0.2, 0.25) is 0 Å². The van der Waals surface area contributed by atoms with Crippen LogP contribution in [0.5, 0.6) is 0 Å². The largest absolute Gasteiger partial charge is 0.416 e. The normalized spacial score (nSPS) is 11.3. The first-order chi connectivity index (χ1) is 10.3. The summed E-state index contributed by atoms with van der Waals surface area (Å²) in [5.41, 5.74) is 0.638. The number of carbonyl (C=O) groups excluding carboxylic acids is 2. The molecule has 5 heteroatoms. The van der Waals surface area contributed by atoms with E-state index in [1.54, 1.807) is 18.2 Å². The quantitative estimate of drug-likeness (QED) is 0.614. The van der Waals surface area contributed by atoms with Crippen LogP contribution in [0.15, 0.2) is 48.5 Å². The molecule has 0 fully saturated rings. The van der Waals surface area contributed by atoms with Crippen LogP contribution in [0.3, 0.4) is 0 Å². The van der Waals surface area contributed by atoms with Crippen molar-refractivity contribution in [3.8, 4) is 11.1 Å². The number of carbonyl (C=O) groups is 2. The molecule has 0 aliphatic carbocycles. The minimum Gasteiger partial charge on any atom is -0.300 e. The van der Waals surface area contributed by atoms with Crippen LogP contribution in [0.2, 0.25) is 0 Å². The zero-order valence-corrected chi connectivity index (χ0v) is 11.8. The van der Waals surface area contributed by atoms with Crippen molar-refractivity contribution < 1.29 is 22.8 Å². The second kappa shape index (κ2) is 6.13. The Hall–Kier alpha value is -2.43. The predicted molar refractivity (Wildman–Crippen MR) is 76.5 cm³/mol. The lowest BCUT2D eigenvalue weighted by Crippen LogP contribution is -2.05. The molecule has 0 unspecified atom stereocenters. The molecule has 2 aromatic carbocycles. The smallest absolute Gasteiger partial charge is 0.300 e. The van der Waals surface area contributed by atoms with Gasteiger partial charge in [0.1, 0.15) is 5.78 Å². The van der Waals surface area contributed by atoms with Gasteiger partial charge in [-0.15, -0.1) is 0 Å². The Morgan fingerprint density at radius 2 is 1.59 bits per heavy atom. The van der Waals surface area contributed by atoms with Crippen molar-refractivity contribution in [2.45, 2.75) is 19.5 Å². The number of halogens is 3. The van der Waals surface area contributed by atoms with Gasteiger partial charge in [0, 0.05) is 5.56 Å². The van der Waals surface area contributed by atoms with Gasteiger partial charge < -0.3 is 0 Å². The van der Waals surface area contributed by atoms with Crippen LogP contribution in [0.1, 0.15) is 29.3 Å². The average molecular weight is 306 g/mol. The van der Waals surface area contributed by atoms with Crippen molar-refractivity contribution in [2.75, 3.05) is 0 Å². The van der Waals surface area contributed by atoms with E-state index in [4.69, 9.17) is 0 Å². The first-order valence-electron chi connectivity index (χ1n) is 6.58. The van der Waals surface area contributed by atoms with Crippen molar-refractivity contribution >= 4 is 11.6 Å². The SMILES string of the molecule is CC(=O)CC(=O)c1ccc(-c2cccc(C(F)(F)F)c2)cc1. The van der Waals surface area contributed by atoms with Crippen LogP contribution >= 0.6 is 0 Å².